The molecule has 1 saturated heterocycles. The molecule has 0 aromatic carbocycles. The van der Waals surface area contributed by atoms with Crippen molar-refractivity contribution in [2.24, 2.45) is 39.4 Å². The minimum atomic E-state index is -1.13. The van der Waals surface area contributed by atoms with Crippen molar-refractivity contribution < 1.29 is 39.1 Å². The maximum absolute atomic E-state index is 12.6. The predicted molar refractivity (Wildman–Crippen MR) is 161 cm³/mol. The molecule has 2 aliphatic heterocycles. The molecule has 0 amide bonds. The Hall–Kier alpha value is -1.67. The van der Waals surface area contributed by atoms with Gasteiger partial charge in [-0.1, -0.05) is 6.92 Å². The van der Waals surface area contributed by atoms with Crippen molar-refractivity contribution in [3.8, 4) is 0 Å². The van der Waals surface area contributed by atoms with Gasteiger partial charge < -0.3 is 40.0 Å². The number of methoxy groups -OCH3 is 1. The second-order valence-electron chi connectivity index (χ2n) is 14.1. The molecule has 43 heavy (non-hydrogen) atoms. The van der Waals surface area contributed by atoms with Gasteiger partial charge in [0.15, 0.2) is 11.4 Å². The van der Waals surface area contributed by atoms with Crippen LogP contribution in [0.5, 0.6) is 0 Å². The molecule has 0 aromatic rings. The molecule has 240 valence electrons. The number of thiocarbonyl (C=S) groups is 1. The van der Waals surface area contributed by atoms with Gasteiger partial charge >= 0.3 is 5.97 Å². The van der Waals surface area contributed by atoms with Crippen molar-refractivity contribution in [3.05, 3.63) is 11.6 Å². The summed E-state index contributed by atoms with van der Waals surface area (Å²) in [4.78, 5) is 11.9. The van der Waals surface area contributed by atoms with Crippen LogP contribution in [0.1, 0.15) is 78.1 Å². The summed E-state index contributed by atoms with van der Waals surface area (Å²) < 4.78 is 23.1. The van der Waals surface area contributed by atoms with E-state index < -0.39 is 40.5 Å². The third kappa shape index (κ3) is 4.96. The van der Waals surface area contributed by atoms with Gasteiger partial charge in [-0.25, -0.2) is 4.79 Å². The van der Waals surface area contributed by atoms with E-state index in [4.69, 9.17) is 36.9 Å². The van der Waals surface area contributed by atoms with Crippen molar-refractivity contribution in [1.82, 2.24) is 5.43 Å². The lowest BCUT2D eigenvalue weighted by Crippen LogP contribution is -2.69. The summed E-state index contributed by atoms with van der Waals surface area (Å²) in [6, 6.07) is 0. The highest BCUT2D eigenvalue weighted by Gasteiger charge is 2.71. The third-order valence-corrected chi connectivity index (χ3v) is 12.5. The number of fused-ring (bicyclic) bond motifs is 5. The molecule has 6 N–H and O–H groups in total. The van der Waals surface area contributed by atoms with Gasteiger partial charge in [0, 0.05) is 43.1 Å². The Bertz CT molecular complexity index is 1190. The van der Waals surface area contributed by atoms with Gasteiger partial charge in [0.25, 0.3) is 0 Å². The molecule has 0 unspecified atom stereocenters. The lowest BCUT2D eigenvalue weighted by molar-refractivity contribution is -0.284. The largest absolute Gasteiger partial charge is 0.458 e. The topological polar surface area (TPSA) is 165 Å². The number of hydrogen-bond donors (Lipinski definition) is 5. The average molecular weight is 622 g/mol. The van der Waals surface area contributed by atoms with Crippen LogP contribution >= 0.6 is 12.2 Å². The van der Waals surface area contributed by atoms with Crippen molar-refractivity contribution in [1.29, 1.82) is 0 Å². The van der Waals surface area contributed by atoms with Crippen LogP contribution in [0.3, 0.4) is 0 Å². The van der Waals surface area contributed by atoms with Gasteiger partial charge in [0.2, 0.25) is 0 Å². The fourth-order valence-corrected chi connectivity index (χ4v) is 10.3. The summed E-state index contributed by atoms with van der Waals surface area (Å²) in [5, 5.41) is 40.1. The Kier molecular flexibility index (Phi) is 8.22. The Morgan fingerprint density at radius 3 is 2.65 bits per heavy atom. The first kappa shape index (κ1) is 31.3. The molecule has 2 heterocycles. The summed E-state index contributed by atoms with van der Waals surface area (Å²) in [7, 11) is 1.58. The number of carbonyl (C=O) groups is 1. The molecule has 11 nitrogen and oxygen atoms in total. The van der Waals surface area contributed by atoms with E-state index in [-0.39, 0.29) is 41.0 Å². The molecule has 6 rings (SSSR count). The molecule has 0 aromatic heterocycles. The van der Waals surface area contributed by atoms with E-state index in [1.54, 1.807) is 13.2 Å². The van der Waals surface area contributed by atoms with E-state index >= 15 is 0 Å². The van der Waals surface area contributed by atoms with Crippen LogP contribution in [-0.4, -0.2) is 88.2 Å². The smallest absolute Gasteiger partial charge is 0.331 e. The molecule has 0 spiro atoms. The molecule has 4 aliphatic carbocycles. The van der Waals surface area contributed by atoms with Crippen LogP contribution in [0, 0.1) is 28.6 Å². The molecule has 5 fully saturated rings. The van der Waals surface area contributed by atoms with Gasteiger partial charge in [-0.3, -0.25) is 5.43 Å². The number of rotatable bonds is 6. The number of nitrogens with one attached hydrogen (secondary N) is 1. The number of nitrogens with zero attached hydrogens (tertiary/aromatic N) is 1. The van der Waals surface area contributed by atoms with Crippen LogP contribution in [0.4, 0.5) is 0 Å². The van der Waals surface area contributed by atoms with Crippen LogP contribution in [0.25, 0.3) is 0 Å². The fourth-order valence-electron chi connectivity index (χ4n) is 10.2. The summed E-state index contributed by atoms with van der Waals surface area (Å²) in [6.45, 7) is 4.29. The van der Waals surface area contributed by atoms with Gasteiger partial charge in [0.05, 0.1) is 29.5 Å². The summed E-state index contributed by atoms with van der Waals surface area (Å²) in [5.41, 5.74) is 6.21. The number of hydrogen-bond acceptors (Lipinski definition) is 10. The molecular formula is C31H47N3O8S. The highest BCUT2D eigenvalue weighted by Crippen LogP contribution is 2.70. The summed E-state index contributed by atoms with van der Waals surface area (Å²) in [6.07, 6.45) is 7.39. The normalized spacial score (nSPS) is 49.5. The molecule has 4 saturated carbocycles. The molecule has 0 bridgehead atoms. The Morgan fingerprint density at radius 2 is 1.95 bits per heavy atom. The van der Waals surface area contributed by atoms with Crippen molar-refractivity contribution in [2.45, 2.75) is 120 Å². The minimum absolute atomic E-state index is 0.0182. The first-order valence-electron chi connectivity index (χ1n) is 15.8. The van der Waals surface area contributed by atoms with Crippen LogP contribution < -0.4 is 11.2 Å². The van der Waals surface area contributed by atoms with E-state index in [2.05, 4.69) is 17.5 Å². The third-order valence-electron chi connectivity index (χ3n) is 12.4. The minimum Gasteiger partial charge on any atom is -0.458 e. The number of hydrazone groups is 1. The Labute approximate surface area is 258 Å². The Morgan fingerprint density at radius 1 is 1.19 bits per heavy atom. The molecular weight excluding hydrogens is 574 g/mol. The van der Waals surface area contributed by atoms with Crippen LogP contribution in [-0.2, 0) is 23.7 Å². The number of ether oxygens (including phenoxy) is 4. The average Bonchev–Trinajstić information content (AvgIpc) is 3.50. The van der Waals surface area contributed by atoms with E-state index in [0.717, 1.165) is 24.8 Å². The van der Waals surface area contributed by atoms with E-state index in [0.29, 0.717) is 51.6 Å². The van der Waals surface area contributed by atoms with Crippen molar-refractivity contribution in [2.75, 3.05) is 13.7 Å². The van der Waals surface area contributed by atoms with Gasteiger partial charge in [-0.15, -0.1) is 0 Å². The van der Waals surface area contributed by atoms with Gasteiger partial charge in [-0.05, 0) is 93.8 Å². The number of nitrogens with two attached hydrogens (primary N) is 1. The number of carbonyl (C=O) groups excluding carboxylic acids is 1. The SMILES string of the molecule is CO[C@@H]1C[C@H](O[C@@H]2CC[C@]3(/C=N\NC(N)=S)[C@H]4CC[C@]5(C)[C@H](C6=CC(=O)OC6)CC[C@]5(O)[C@@H]4CC[C@]3(O)C2)O[C@H](C)[C@H]1O. The number of aliphatic hydroxyl groups is 3. The first-order chi connectivity index (χ1) is 20.4. The second kappa shape index (κ2) is 11.3. The zero-order valence-corrected chi connectivity index (χ0v) is 26.2. The van der Waals surface area contributed by atoms with Gasteiger partial charge in [0.1, 0.15) is 12.7 Å². The van der Waals surface area contributed by atoms with Gasteiger partial charge in [-0.2, -0.15) is 5.10 Å². The monoisotopic (exact) mass is 621 g/mol. The van der Waals surface area contributed by atoms with Crippen molar-refractivity contribution in [3.63, 3.8) is 0 Å². The zero-order valence-electron chi connectivity index (χ0n) is 25.4. The second-order valence-corrected chi connectivity index (χ2v) is 14.6. The number of cyclic esters (lactones) is 1. The highest BCUT2D eigenvalue weighted by atomic mass is 32.1. The quantitative estimate of drug-likeness (QED) is 0.0969. The number of aliphatic hydroxyl groups excluding tert-OH is 1. The molecule has 6 aliphatic rings. The first-order valence-corrected chi connectivity index (χ1v) is 16.2. The van der Waals surface area contributed by atoms with E-state index in [9.17, 15) is 20.1 Å². The lowest BCUT2D eigenvalue weighted by Gasteiger charge is -2.66. The fraction of sp³-hybridized carbons (Fsp3) is 0.839. The van der Waals surface area contributed by atoms with E-state index in [1.807, 2.05) is 13.1 Å². The van der Waals surface area contributed by atoms with Crippen molar-refractivity contribution >= 4 is 29.5 Å². The molecule has 12 atom stereocenters. The predicted octanol–water partition coefficient (Wildman–Crippen LogP) is 2.05. The number of esters is 1. The lowest BCUT2D eigenvalue weighted by atomic mass is 9.41. The highest BCUT2D eigenvalue weighted by molar-refractivity contribution is 7.80. The zero-order chi connectivity index (χ0) is 30.8. The molecule has 0 radical (unpaired) electrons. The summed E-state index contributed by atoms with van der Waals surface area (Å²) >= 11 is 5.01. The van der Waals surface area contributed by atoms with Crippen LogP contribution in [0.15, 0.2) is 16.8 Å². The standard InChI is InChI=1S/C31H47N3O8S/c1-17-26(36)23(39-3)13-25(41-17)42-19-4-9-29(16-33-34-27(32)43)21-5-8-28(2)20(18-12-24(35)40-15-18)7-11-31(28,38)22(21)6-10-30(29,37)14-19/h12,16-17,19-23,25-26,36-38H,4-11,13-15H2,1-3H3,(H3,32,34,43)/b33-16-/t17-,19-,20+,21+,22-,23-,25+,26-,28-,29+,30+,31+/m1/s1. The van der Waals surface area contributed by atoms with Crippen LogP contribution in [0.2, 0.25) is 0 Å². The van der Waals surface area contributed by atoms with E-state index in [1.165, 1.54) is 0 Å². The Balaban J connectivity index is 1.27. The maximum atomic E-state index is 12.6. The summed E-state index contributed by atoms with van der Waals surface area (Å²) in [5.74, 6) is -0.277. The molecule has 12 heteroatoms. The maximum Gasteiger partial charge on any atom is 0.331 e.